The second kappa shape index (κ2) is 4.60. The number of ether oxygens (including phenoxy) is 1. The smallest absolute Gasteiger partial charge is 0.416 e. The summed E-state index contributed by atoms with van der Waals surface area (Å²) in [5.74, 6) is -3.60. The highest BCUT2D eigenvalue weighted by atomic mass is 19.4. The monoisotopic (exact) mass is 339 g/mol. The van der Waals surface area contributed by atoms with Gasteiger partial charge in [0.15, 0.2) is 0 Å². The van der Waals surface area contributed by atoms with E-state index in [4.69, 9.17) is 4.74 Å². The van der Waals surface area contributed by atoms with E-state index in [-0.39, 0.29) is 12.2 Å². The lowest BCUT2D eigenvalue weighted by Gasteiger charge is -2.22. The summed E-state index contributed by atoms with van der Waals surface area (Å²) in [5, 5.41) is 9.37. The molecule has 8 heteroatoms. The van der Waals surface area contributed by atoms with Crippen LogP contribution in [0.3, 0.4) is 0 Å². The number of nitrogens with zero attached hydrogens (tertiary/aromatic N) is 1. The molecule has 24 heavy (non-hydrogen) atoms. The Bertz CT molecular complexity index is 775. The summed E-state index contributed by atoms with van der Waals surface area (Å²) in [4.78, 5) is 25.4. The number of carboxylic acid groups (broad SMARTS) is 1. The molecule has 3 heterocycles. The van der Waals surface area contributed by atoms with Gasteiger partial charge in [-0.1, -0.05) is 18.2 Å². The molecular weight excluding hydrogens is 327 g/mol. The quantitative estimate of drug-likeness (QED) is 0.838. The molecular formula is C16H12F3NO4. The van der Waals surface area contributed by atoms with Crippen molar-refractivity contribution in [2.45, 2.75) is 17.9 Å². The molecule has 126 valence electrons. The average molecular weight is 339 g/mol. The van der Waals surface area contributed by atoms with Crippen molar-refractivity contribution < 1.29 is 32.6 Å². The second-order valence-electron chi connectivity index (χ2n) is 6.21. The first-order valence-corrected chi connectivity index (χ1v) is 7.32. The van der Waals surface area contributed by atoms with Gasteiger partial charge in [-0.15, -0.1) is 0 Å². The van der Waals surface area contributed by atoms with Crippen molar-refractivity contribution in [3.05, 3.63) is 42.0 Å². The first kappa shape index (κ1) is 15.2. The third-order valence-corrected chi connectivity index (χ3v) is 4.87. The van der Waals surface area contributed by atoms with Crippen molar-refractivity contribution in [3.63, 3.8) is 0 Å². The number of carbonyl (C=O) groups is 2. The third-order valence-electron chi connectivity index (χ3n) is 4.87. The van der Waals surface area contributed by atoms with E-state index in [0.29, 0.717) is 0 Å². The number of hydrogen-bond acceptors (Lipinski definition) is 3. The minimum absolute atomic E-state index is 0.00852. The zero-order valence-electron chi connectivity index (χ0n) is 12.2. The van der Waals surface area contributed by atoms with Gasteiger partial charge in [0, 0.05) is 5.69 Å². The maximum atomic E-state index is 12.9. The number of alkyl halides is 3. The predicted octanol–water partition coefficient (Wildman–Crippen LogP) is 2.08. The van der Waals surface area contributed by atoms with Crippen LogP contribution in [0.4, 0.5) is 18.9 Å². The fourth-order valence-electron chi connectivity index (χ4n) is 3.85. The number of hydrogen-bond donors (Lipinski definition) is 1. The third kappa shape index (κ3) is 1.92. The Balaban J connectivity index is 1.72. The first-order valence-electron chi connectivity index (χ1n) is 7.32. The minimum atomic E-state index is -4.52. The summed E-state index contributed by atoms with van der Waals surface area (Å²) in [6.45, 7) is 0.00852. The van der Waals surface area contributed by atoms with Crippen LogP contribution in [0.15, 0.2) is 36.4 Å². The Hall–Kier alpha value is -2.35. The molecule has 1 spiro atoms. The first-order chi connectivity index (χ1) is 11.2. The van der Waals surface area contributed by atoms with E-state index in [1.54, 1.807) is 12.2 Å². The van der Waals surface area contributed by atoms with Crippen LogP contribution in [-0.4, -0.2) is 35.2 Å². The van der Waals surface area contributed by atoms with E-state index in [0.717, 1.165) is 12.1 Å². The lowest BCUT2D eigenvalue weighted by molar-refractivity contribution is -0.146. The fraction of sp³-hybridized carbons (Fsp3) is 0.375. The molecule has 2 fully saturated rings. The van der Waals surface area contributed by atoms with Crippen LogP contribution in [0, 0.1) is 11.8 Å². The highest BCUT2D eigenvalue weighted by Crippen LogP contribution is 2.52. The van der Waals surface area contributed by atoms with Crippen molar-refractivity contribution in [1.82, 2.24) is 0 Å². The Morgan fingerprint density at radius 3 is 2.79 bits per heavy atom. The molecule has 0 radical (unpaired) electrons. The molecule has 5 nitrogen and oxygen atoms in total. The van der Waals surface area contributed by atoms with Gasteiger partial charge in [-0.2, -0.15) is 13.2 Å². The van der Waals surface area contributed by atoms with E-state index < -0.39 is 47.2 Å². The predicted molar refractivity (Wildman–Crippen MR) is 75.2 cm³/mol. The summed E-state index contributed by atoms with van der Waals surface area (Å²) in [6.07, 6.45) is -1.92. The number of benzene rings is 1. The van der Waals surface area contributed by atoms with Crippen LogP contribution in [0.25, 0.3) is 0 Å². The van der Waals surface area contributed by atoms with Crippen molar-refractivity contribution in [2.24, 2.45) is 11.8 Å². The van der Waals surface area contributed by atoms with Crippen LogP contribution in [-0.2, 0) is 20.5 Å². The second-order valence-corrected chi connectivity index (χ2v) is 6.21. The number of aliphatic carboxylic acids is 1. The van der Waals surface area contributed by atoms with E-state index >= 15 is 0 Å². The molecule has 0 aliphatic carbocycles. The molecule has 2 saturated heterocycles. The van der Waals surface area contributed by atoms with Crippen LogP contribution < -0.4 is 4.90 Å². The van der Waals surface area contributed by atoms with E-state index in [1.165, 1.54) is 17.0 Å². The van der Waals surface area contributed by atoms with E-state index in [9.17, 15) is 27.9 Å². The molecule has 4 rings (SSSR count). The largest absolute Gasteiger partial charge is 0.481 e. The van der Waals surface area contributed by atoms with Gasteiger partial charge in [0.2, 0.25) is 5.91 Å². The van der Waals surface area contributed by atoms with Gasteiger partial charge in [-0.25, -0.2) is 0 Å². The normalized spacial score (nSPS) is 34.0. The Morgan fingerprint density at radius 2 is 2.12 bits per heavy atom. The molecule has 0 aromatic heterocycles. The molecule has 0 saturated carbocycles. The summed E-state index contributed by atoms with van der Waals surface area (Å²) in [7, 11) is 0. The highest BCUT2D eigenvalue weighted by molar-refractivity contribution is 6.02. The Labute approximate surface area is 134 Å². The van der Waals surface area contributed by atoms with Crippen LogP contribution in [0.5, 0.6) is 0 Å². The maximum absolute atomic E-state index is 12.9. The van der Waals surface area contributed by atoms with Crippen molar-refractivity contribution in [1.29, 1.82) is 0 Å². The molecule has 1 aromatic carbocycles. The number of carboxylic acids is 1. The lowest BCUT2D eigenvalue weighted by atomic mass is 9.77. The number of carbonyl (C=O) groups excluding carboxylic acids is 1. The van der Waals surface area contributed by atoms with Crippen molar-refractivity contribution in [2.75, 3.05) is 11.4 Å². The number of halogens is 3. The summed E-state index contributed by atoms with van der Waals surface area (Å²) in [5.41, 5.74) is -1.85. The maximum Gasteiger partial charge on any atom is 0.416 e. The lowest BCUT2D eigenvalue weighted by Crippen LogP contribution is -2.39. The molecule has 3 aliphatic rings. The Kier molecular flexibility index (Phi) is 2.91. The molecule has 1 aromatic rings. The molecule has 4 atom stereocenters. The topological polar surface area (TPSA) is 66.8 Å². The van der Waals surface area contributed by atoms with E-state index in [1.807, 2.05) is 0 Å². The van der Waals surface area contributed by atoms with Crippen LogP contribution in [0.2, 0.25) is 0 Å². The van der Waals surface area contributed by atoms with Gasteiger partial charge in [0.25, 0.3) is 0 Å². The number of amides is 1. The SMILES string of the molecule is O=C(O)[C@@H]1[C@H]2C(=O)N(c3cccc(C(F)(F)F)c3)C[C@@]23C=C[C@H]1O3. The average Bonchev–Trinajstić information content (AvgIpc) is 3.15. The van der Waals surface area contributed by atoms with Crippen molar-refractivity contribution >= 4 is 17.6 Å². The van der Waals surface area contributed by atoms with Gasteiger partial charge in [-0.3, -0.25) is 9.59 Å². The molecule has 0 unspecified atom stereocenters. The molecule has 2 bridgehead atoms. The summed E-state index contributed by atoms with van der Waals surface area (Å²) < 4.78 is 44.3. The number of rotatable bonds is 2. The fourth-order valence-corrected chi connectivity index (χ4v) is 3.85. The van der Waals surface area contributed by atoms with Gasteiger partial charge >= 0.3 is 12.1 Å². The van der Waals surface area contributed by atoms with Crippen LogP contribution >= 0.6 is 0 Å². The highest BCUT2D eigenvalue weighted by Gasteiger charge is 2.67. The van der Waals surface area contributed by atoms with Gasteiger partial charge in [-0.05, 0) is 18.2 Å². The number of anilines is 1. The minimum Gasteiger partial charge on any atom is -0.481 e. The number of fused-ring (bicyclic) bond motifs is 1. The van der Waals surface area contributed by atoms with Gasteiger partial charge in [0.05, 0.1) is 24.1 Å². The van der Waals surface area contributed by atoms with E-state index in [2.05, 4.69) is 0 Å². The molecule has 3 aliphatic heterocycles. The van der Waals surface area contributed by atoms with Gasteiger partial charge < -0.3 is 14.7 Å². The summed E-state index contributed by atoms with van der Waals surface area (Å²) in [6, 6.07) is 4.43. The summed E-state index contributed by atoms with van der Waals surface area (Å²) >= 11 is 0. The van der Waals surface area contributed by atoms with Crippen LogP contribution in [0.1, 0.15) is 5.56 Å². The van der Waals surface area contributed by atoms with Gasteiger partial charge in [0.1, 0.15) is 11.5 Å². The zero-order chi connectivity index (χ0) is 17.3. The molecule has 1 amide bonds. The Morgan fingerprint density at radius 1 is 1.38 bits per heavy atom. The van der Waals surface area contributed by atoms with Crippen molar-refractivity contribution in [3.8, 4) is 0 Å². The standard InChI is InChI=1S/C16H12F3NO4/c17-16(18,19)8-2-1-3-9(6-8)20-7-15-5-4-10(24-15)11(14(22)23)12(15)13(20)21/h1-6,10-12H,7H2,(H,22,23)/t10-,11+,12+,15+/m1/s1. The molecule has 1 N–H and O–H groups in total. The zero-order valence-corrected chi connectivity index (χ0v) is 12.2.